The molecule has 12 heteroatoms. The Hall–Kier alpha value is -3.28. The summed E-state index contributed by atoms with van der Waals surface area (Å²) in [6.45, 7) is 4.80. The van der Waals surface area contributed by atoms with Crippen molar-refractivity contribution in [3.63, 3.8) is 0 Å². The molecule has 190 valence electrons. The summed E-state index contributed by atoms with van der Waals surface area (Å²) in [4.78, 5) is 33.2. The quantitative estimate of drug-likeness (QED) is 0.329. The maximum atomic E-state index is 11.3. The number of rotatable bonds is 8. The molecule has 0 amide bonds. The molecule has 1 fully saturated rings. The number of hydrogen-bond acceptors (Lipinski definition) is 10. The van der Waals surface area contributed by atoms with E-state index >= 15 is 0 Å². The Morgan fingerprint density at radius 3 is 2.69 bits per heavy atom. The van der Waals surface area contributed by atoms with E-state index in [1.165, 1.54) is 7.11 Å². The van der Waals surface area contributed by atoms with Gasteiger partial charge in [0.05, 0.1) is 44.2 Å². The summed E-state index contributed by atoms with van der Waals surface area (Å²) in [6, 6.07) is 3.72. The average molecular weight is 514 g/mol. The second-order valence-electron chi connectivity index (χ2n) is 8.82. The zero-order valence-corrected chi connectivity index (χ0v) is 20.8. The van der Waals surface area contributed by atoms with Gasteiger partial charge in [0.15, 0.2) is 5.75 Å². The van der Waals surface area contributed by atoms with E-state index in [1.807, 2.05) is 24.7 Å². The molecule has 0 radical (unpaired) electrons. The first-order chi connectivity index (χ1) is 17.6. The third-order valence-corrected chi connectivity index (χ3v) is 6.51. The minimum atomic E-state index is -0.351. The molecule has 36 heavy (non-hydrogen) atoms. The monoisotopic (exact) mass is 513 g/mol. The summed E-state index contributed by atoms with van der Waals surface area (Å²) in [5, 5.41) is 0.362. The second kappa shape index (κ2) is 11.2. The van der Waals surface area contributed by atoms with E-state index in [0.29, 0.717) is 35.8 Å². The molecule has 2 aliphatic rings. The van der Waals surface area contributed by atoms with Crippen LogP contribution in [0.1, 0.15) is 24.1 Å². The number of piperidine rings is 1. The maximum absolute atomic E-state index is 11.3. The fraction of sp³-hybridized carbons (Fsp3) is 0.458. The summed E-state index contributed by atoms with van der Waals surface area (Å²) in [7, 11) is 1.36. The number of carbonyl (C=O) groups is 1. The van der Waals surface area contributed by atoms with Crippen molar-refractivity contribution in [3.8, 4) is 11.6 Å². The van der Waals surface area contributed by atoms with E-state index in [9.17, 15) is 4.79 Å². The van der Waals surface area contributed by atoms with E-state index < -0.39 is 0 Å². The summed E-state index contributed by atoms with van der Waals surface area (Å²) in [6.07, 6.45) is 8.78. The van der Waals surface area contributed by atoms with Crippen LogP contribution in [0.5, 0.6) is 11.6 Å². The lowest BCUT2D eigenvalue weighted by Gasteiger charge is -2.31. The van der Waals surface area contributed by atoms with Gasteiger partial charge in [0.25, 0.3) is 0 Å². The van der Waals surface area contributed by atoms with Gasteiger partial charge < -0.3 is 23.7 Å². The van der Waals surface area contributed by atoms with E-state index in [4.69, 9.17) is 21.1 Å². The Morgan fingerprint density at radius 1 is 1.11 bits per heavy atom. The molecule has 0 bridgehead atoms. The molecule has 11 nitrogen and oxygen atoms in total. The highest BCUT2D eigenvalue weighted by atomic mass is 35.5. The SMILES string of the molecule is COC(=O)COC1CCN(Cc2cc(Cl)nc(Oc3cnc(N4CCn5cncc5C4)nc3)c2)CC1. The minimum Gasteiger partial charge on any atom is -0.467 e. The Labute approximate surface area is 214 Å². The van der Waals surface area contributed by atoms with E-state index in [-0.39, 0.29) is 18.7 Å². The highest BCUT2D eigenvalue weighted by molar-refractivity contribution is 6.29. The van der Waals surface area contributed by atoms with Crippen molar-refractivity contribution in [1.29, 1.82) is 0 Å². The van der Waals surface area contributed by atoms with E-state index in [2.05, 4.69) is 39.0 Å². The Balaban J connectivity index is 1.15. The number of pyridine rings is 1. The average Bonchev–Trinajstić information content (AvgIpc) is 3.36. The molecule has 1 saturated heterocycles. The largest absolute Gasteiger partial charge is 0.467 e. The zero-order valence-electron chi connectivity index (χ0n) is 20.0. The molecule has 2 aliphatic heterocycles. The summed E-state index contributed by atoms with van der Waals surface area (Å²) < 4.78 is 18.3. The topological polar surface area (TPSA) is 108 Å². The van der Waals surface area contributed by atoms with E-state index in [1.54, 1.807) is 12.4 Å². The fourth-order valence-corrected chi connectivity index (χ4v) is 4.63. The maximum Gasteiger partial charge on any atom is 0.331 e. The van der Waals surface area contributed by atoms with Crippen molar-refractivity contribution in [2.75, 3.05) is 38.3 Å². The van der Waals surface area contributed by atoms with E-state index in [0.717, 1.165) is 50.3 Å². The lowest BCUT2D eigenvalue weighted by molar-refractivity contribution is -0.149. The lowest BCUT2D eigenvalue weighted by atomic mass is 10.1. The molecule has 0 N–H and O–H groups in total. The van der Waals surface area contributed by atoms with Gasteiger partial charge in [-0.05, 0) is 24.5 Å². The predicted molar refractivity (Wildman–Crippen MR) is 131 cm³/mol. The lowest BCUT2D eigenvalue weighted by Crippen LogP contribution is -2.37. The summed E-state index contributed by atoms with van der Waals surface area (Å²) >= 11 is 6.28. The van der Waals surface area contributed by atoms with Gasteiger partial charge in [-0.3, -0.25) is 4.90 Å². The molecule has 5 heterocycles. The zero-order chi connectivity index (χ0) is 24.9. The number of ether oxygens (including phenoxy) is 3. The first-order valence-corrected chi connectivity index (χ1v) is 12.2. The number of carbonyl (C=O) groups excluding carboxylic acids is 1. The highest BCUT2D eigenvalue weighted by Crippen LogP contribution is 2.25. The van der Waals surface area contributed by atoms with Crippen molar-refractivity contribution in [3.05, 3.63) is 53.5 Å². The van der Waals surface area contributed by atoms with Crippen LogP contribution in [0.15, 0.2) is 37.1 Å². The molecule has 0 aromatic carbocycles. The first-order valence-electron chi connectivity index (χ1n) is 11.9. The van der Waals surface area contributed by atoms with Crippen LogP contribution in [0.25, 0.3) is 0 Å². The Morgan fingerprint density at radius 2 is 1.92 bits per heavy atom. The summed E-state index contributed by atoms with van der Waals surface area (Å²) in [5.41, 5.74) is 2.14. The molecule has 3 aromatic rings. The third-order valence-electron chi connectivity index (χ3n) is 6.32. The van der Waals surface area contributed by atoms with Crippen LogP contribution < -0.4 is 9.64 Å². The van der Waals surface area contributed by atoms with Crippen LogP contribution in [-0.4, -0.2) is 74.8 Å². The molecule has 5 rings (SSSR count). The predicted octanol–water partition coefficient (Wildman–Crippen LogP) is 2.69. The number of hydrogen-bond donors (Lipinski definition) is 0. The van der Waals surface area contributed by atoms with Gasteiger partial charge in [0, 0.05) is 45.0 Å². The van der Waals surface area contributed by atoms with Gasteiger partial charge in [-0.1, -0.05) is 11.6 Å². The van der Waals surface area contributed by atoms with Crippen LogP contribution in [0.2, 0.25) is 5.15 Å². The van der Waals surface area contributed by atoms with Crippen molar-refractivity contribution in [2.45, 2.75) is 38.6 Å². The molecule has 0 spiro atoms. The van der Waals surface area contributed by atoms with Gasteiger partial charge >= 0.3 is 5.97 Å². The van der Waals surface area contributed by atoms with Gasteiger partial charge in [0.2, 0.25) is 11.8 Å². The normalized spacial score (nSPS) is 16.6. The van der Waals surface area contributed by atoms with Crippen LogP contribution in [0, 0.1) is 0 Å². The Kier molecular flexibility index (Phi) is 7.59. The van der Waals surface area contributed by atoms with Gasteiger partial charge in [-0.25, -0.2) is 24.7 Å². The number of fused-ring (bicyclic) bond motifs is 1. The number of halogens is 1. The standard InChI is InChI=1S/C24H28ClN7O4/c1-34-23(33)15-35-19-2-4-30(5-3-19)13-17-8-21(25)29-22(9-17)36-20-11-27-24(28-12-20)31-6-7-32-16-26-10-18(32)14-31/h8-12,16,19H,2-7,13-15H2,1H3. The molecule has 0 aliphatic carbocycles. The van der Waals surface area contributed by atoms with Crippen molar-refractivity contribution < 1.29 is 19.0 Å². The molecule has 0 saturated carbocycles. The number of nitrogens with zero attached hydrogens (tertiary/aromatic N) is 7. The van der Waals surface area contributed by atoms with Gasteiger partial charge in [-0.15, -0.1) is 0 Å². The second-order valence-corrected chi connectivity index (χ2v) is 9.21. The summed E-state index contributed by atoms with van der Waals surface area (Å²) in [5.74, 6) is 1.18. The Bertz CT molecular complexity index is 1180. The molecule has 0 unspecified atom stereocenters. The number of imidazole rings is 1. The number of likely N-dealkylation sites (tertiary alicyclic amines) is 1. The van der Waals surface area contributed by atoms with Gasteiger partial charge in [-0.2, -0.15) is 0 Å². The third kappa shape index (κ3) is 6.10. The first kappa shape index (κ1) is 24.4. The minimum absolute atomic E-state index is 0.00377. The molecular weight excluding hydrogens is 486 g/mol. The highest BCUT2D eigenvalue weighted by Gasteiger charge is 2.22. The van der Waals surface area contributed by atoms with Crippen molar-refractivity contribution in [1.82, 2.24) is 29.4 Å². The number of aromatic nitrogens is 5. The number of anilines is 1. The van der Waals surface area contributed by atoms with Crippen LogP contribution in [0.4, 0.5) is 5.95 Å². The number of methoxy groups -OCH3 is 1. The van der Waals surface area contributed by atoms with Crippen LogP contribution >= 0.6 is 11.6 Å². The smallest absolute Gasteiger partial charge is 0.331 e. The molecule has 3 aromatic heterocycles. The number of esters is 1. The van der Waals surface area contributed by atoms with Crippen LogP contribution in [0.3, 0.4) is 0 Å². The van der Waals surface area contributed by atoms with Crippen LogP contribution in [-0.2, 0) is 33.9 Å². The molecular formula is C24H28ClN7O4. The van der Waals surface area contributed by atoms with Crippen molar-refractivity contribution in [2.24, 2.45) is 0 Å². The van der Waals surface area contributed by atoms with Gasteiger partial charge in [0.1, 0.15) is 11.8 Å². The fourth-order valence-electron chi connectivity index (χ4n) is 4.40. The molecule has 0 atom stereocenters. The van der Waals surface area contributed by atoms with Crippen molar-refractivity contribution >= 4 is 23.5 Å².